The van der Waals surface area contributed by atoms with E-state index in [1.807, 2.05) is 0 Å². The van der Waals surface area contributed by atoms with Gasteiger partial charge in [0.15, 0.2) is 0 Å². The number of anilines is 1. The molecule has 2 aromatic heterocycles. The highest BCUT2D eigenvalue weighted by molar-refractivity contribution is 5.80. The SMILES string of the molecule is CN1CCc2ncnc(N3CCC(c4cc5ccccc5[nH]4)CC3)c2C1. The molecule has 0 aliphatic carbocycles. The summed E-state index contributed by atoms with van der Waals surface area (Å²) in [6, 6.07) is 10.9. The number of fused-ring (bicyclic) bond motifs is 2. The lowest BCUT2D eigenvalue weighted by atomic mass is 9.93. The summed E-state index contributed by atoms with van der Waals surface area (Å²) in [4.78, 5) is 17.7. The summed E-state index contributed by atoms with van der Waals surface area (Å²) >= 11 is 0. The second-order valence-corrected chi connectivity index (χ2v) is 7.68. The number of nitrogens with zero attached hydrogens (tertiary/aromatic N) is 4. The minimum absolute atomic E-state index is 0.610. The van der Waals surface area contributed by atoms with Crippen molar-refractivity contribution in [3.63, 3.8) is 0 Å². The molecule has 2 aliphatic rings. The van der Waals surface area contributed by atoms with Crippen molar-refractivity contribution in [3.8, 4) is 0 Å². The van der Waals surface area contributed by atoms with Crippen molar-refractivity contribution in [1.29, 1.82) is 0 Å². The van der Waals surface area contributed by atoms with Gasteiger partial charge in [-0.05, 0) is 37.4 Å². The standard InChI is InChI=1S/C21H25N5/c1-25-9-8-19-17(13-25)21(23-14-22-19)26-10-6-15(7-11-26)20-12-16-4-2-3-5-18(16)24-20/h2-5,12,14-15,24H,6-11,13H2,1H3. The fourth-order valence-electron chi connectivity index (χ4n) is 4.45. The van der Waals surface area contributed by atoms with E-state index >= 15 is 0 Å². The minimum Gasteiger partial charge on any atom is -0.358 e. The molecule has 26 heavy (non-hydrogen) atoms. The van der Waals surface area contributed by atoms with E-state index in [-0.39, 0.29) is 0 Å². The van der Waals surface area contributed by atoms with Crippen molar-refractivity contribution in [1.82, 2.24) is 19.9 Å². The highest BCUT2D eigenvalue weighted by Crippen LogP contribution is 2.33. The van der Waals surface area contributed by atoms with Crippen LogP contribution in [0.4, 0.5) is 5.82 Å². The number of rotatable bonds is 2. The van der Waals surface area contributed by atoms with E-state index in [4.69, 9.17) is 0 Å². The Kier molecular flexibility index (Phi) is 3.89. The lowest BCUT2D eigenvalue weighted by Gasteiger charge is -2.35. The molecule has 0 radical (unpaired) electrons. The third-order valence-corrected chi connectivity index (χ3v) is 5.96. The van der Waals surface area contributed by atoms with Crippen molar-refractivity contribution in [2.45, 2.75) is 31.7 Å². The summed E-state index contributed by atoms with van der Waals surface area (Å²) < 4.78 is 0. The number of piperidine rings is 1. The van der Waals surface area contributed by atoms with Gasteiger partial charge in [-0.2, -0.15) is 0 Å². The first-order chi connectivity index (χ1) is 12.8. The van der Waals surface area contributed by atoms with E-state index in [0.29, 0.717) is 5.92 Å². The fraction of sp³-hybridized carbons (Fsp3) is 0.429. The molecule has 1 N–H and O–H groups in total. The van der Waals surface area contributed by atoms with E-state index < -0.39 is 0 Å². The van der Waals surface area contributed by atoms with Gasteiger partial charge in [0.2, 0.25) is 0 Å². The Hall–Kier alpha value is -2.40. The highest BCUT2D eigenvalue weighted by atomic mass is 15.2. The Bertz CT molecular complexity index is 890. The molecule has 1 saturated heterocycles. The van der Waals surface area contributed by atoms with Crippen LogP contribution in [-0.2, 0) is 13.0 Å². The third-order valence-electron chi connectivity index (χ3n) is 5.96. The van der Waals surface area contributed by atoms with Crippen molar-refractivity contribution in [3.05, 3.63) is 53.6 Å². The van der Waals surface area contributed by atoms with E-state index in [9.17, 15) is 0 Å². The molecule has 5 heteroatoms. The predicted molar refractivity (Wildman–Crippen MR) is 105 cm³/mol. The van der Waals surface area contributed by atoms with E-state index in [2.05, 4.69) is 62.1 Å². The predicted octanol–water partition coefficient (Wildman–Crippen LogP) is 3.33. The van der Waals surface area contributed by atoms with Gasteiger partial charge in [-0.1, -0.05) is 18.2 Å². The zero-order valence-electron chi connectivity index (χ0n) is 15.3. The summed E-state index contributed by atoms with van der Waals surface area (Å²) in [5.41, 5.74) is 5.21. The molecule has 3 aromatic rings. The molecule has 2 aliphatic heterocycles. The van der Waals surface area contributed by atoms with Gasteiger partial charge < -0.3 is 14.8 Å². The molecule has 5 nitrogen and oxygen atoms in total. The van der Waals surface area contributed by atoms with Crippen LogP contribution in [0.3, 0.4) is 0 Å². The molecule has 0 bridgehead atoms. The molecule has 134 valence electrons. The third kappa shape index (κ3) is 2.76. The molecule has 0 saturated carbocycles. The van der Waals surface area contributed by atoms with Crippen molar-refractivity contribution < 1.29 is 0 Å². The van der Waals surface area contributed by atoms with Crippen LogP contribution in [-0.4, -0.2) is 46.5 Å². The topological polar surface area (TPSA) is 48.1 Å². The Morgan fingerprint density at radius 1 is 1.08 bits per heavy atom. The van der Waals surface area contributed by atoms with E-state index in [1.54, 1.807) is 6.33 Å². The number of H-pyrrole nitrogens is 1. The molecule has 1 aromatic carbocycles. The number of benzene rings is 1. The Labute approximate surface area is 154 Å². The lowest BCUT2D eigenvalue weighted by Crippen LogP contribution is -2.36. The zero-order chi connectivity index (χ0) is 17.5. The molecule has 0 unspecified atom stereocenters. The van der Waals surface area contributed by atoms with Crippen LogP contribution in [0.25, 0.3) is 10.9 Å². The molecule has 0 amide bonds. The maximum atomic E-state index is 4.66. The molecule has 1 fully saturated rings. The van der Waals surface area contributed by atoms with Gasteiger partial charge in [0.25, 0.3) is 0 Å². The molecular weight excluding hydrogens is 322 g/mol. The summed E-state index contributed by atoms with van der Waals surface area (Å²) in [7, 11) is 2.18. The van der Waals surface area contributed by atoms with Crippen molar-refractivity contribution in [2.24, 2.45) is 0 Å². The number of aromatic amines is 1. The normalized spacial score (nSPS) is 19.0. The number of nitrogens with one attached hydrogen (secondary N) is 1. The summed E-state index contributed by atoms with van der Waals surface area (Å²) in [6.45, 7) is 4.18. The van der Waals surface area contributed by atoms with Gasteiger partial charge >= 0.3 is 0 Å². The van der Waals surface area contributed by atoms with Gasteiger partial charge in [0.1, 0.15) is 12.1 Å². The van der Waals surface area contributed by atoms with Gasteiger partial charge in [-0.3, -0.25) is 0 Å². The number of aromatic nitrogens is 3. The van der Waals surface area contributed by atoms with Crippen LogP contribution in [0.15, 0.2) is 36.7 Å². The number of hydrogen-bond acceptors (Lipinski definition) is 4. The second-order valence-electron chi connectivity index (χ2n) is 7.68. The first-order valence-electron chi connectivity index (χ1n) is 9.62. The first-order valence-corrected chi connectivity index (χ1v) is 9.62. The number of para-hydroxylation sites is 1. The lowest BCUT2D eigenvalue weighted by molar-refractivity contribution is 0.308. The summed E-state index contributed by atoms with van der Waals surface area (Å²) in [6.07, 6.45) is 5.12. The van der Waals surface area contributed by atoms with E-state index in [1.165, 1.54) is 40.7 Å². The average molecular weight is 347 g/mol. The molecule has 0 spiro atoms. The monoisotopic (exact) mass is 347 g/mol. The Morgan fingerprint density at radius 3 is 2.77 bits per heavy atom. The Balaban J connectivity index is 1.35. The van der Waals surface area contributed by atoms with Crippen LogP contribution in [0, 0.1) is 0 Å². The van der Waals surface area contributed by atoms with Gasteiger partial charge in [0.05, 0.1) is 5.69 Å². The van der Waals surface area contributed by atoms with Crippen molar-refractivity contribution >= 4 is 16.7 Å². The van der Waals surface area contributed by atoms with Gasteiger partial charge in [0, 0.05) is 55.3 Å². The number of likely N-dealkylation sites (N-methyl/N-ethyl adjacent to an activating group) is 1. The minimum atomic E-state index is 0.610. The van der Waals surface area contributed by atoms with Crippen LogP contribution < -0.4 is 4.90 Å². The number of hydrogen-bond donors (Lipinski definition) is 1. The second kappa shape index (κ2) is 6.40. The van der Waals surface area contributed by atoms with Gasteiger partial charge in [-0.15, -0.1) is 0 Å². The largest absolute Gasteiger partial charge is 0.358 e. The smallest absolute Gasteiger partial charge is 0.136 e. The summed E-state index contributed by atoms with van der Waals surface area (Å²) in [5.74, 6) is 1.77. The Morgan fingerprint density at radius 2 is 1.92 bits per heavy atom. The van der Waals surface area contributed by atoms with Crippen LogP contribution >= 0.6 is 0 Å². The average Bonchev–Trinajstić information content (AvgIpc) is 3.12. The van der Waals surface area contributed by atoms with Crippen LogP contribution in [0.1, 0.15) is 35.7 Å². The quantitative estimate of drug-likeness (QED) is 0.772. The zero-order valence-corrected chi connectivity index (χ0v) is 15.3. The van der Waals surface area contributed by atoms with Gasteiger partial charge in [-0.25, -0.2) is 9.97 Å². The first kappa shape index (κ1) is 15.8. The molecule has 4 heterocycles. The molecule has 0 atom stereocenters. The molecule has 5 rings (SSSR count). The maximum Gasteiger partial charge on any atom is 0.136 e. The maximum absolute atomic E-state index is 4.66. The van der Waals surface area contributed by atoms with E-state index in [0.717, 1.165) is 38.4 Å². The van der Waals surface area contributed by atoms with Crippen LogP contribution in [0.5, 0.6) is 0 Å². The fourth-order valence-corrected chi connectivity index (χ4v) is 4.45. The van der Waals surface area contributed by atoms with Crippen molar-refractivity contribution in [2.75, 3.05) is 31.6 Å². The summed E-state index contributed by atoms with van der Waals surface area (Å²) in [5, 5.41) is 1.32. The van der Waals surface area contributed by atoms with Crippen LogP contribution in [0.2, 0.25) is 0 Å². The molecular formula is C21H25N5. The highest BCUT2D eigenvalue weighted by Gasteiger charge is 2.26.